The molecule has 0 N–H and O–H groups in total. The summed E-state index contributed by atoms with van der Waals surface area (Å²) in [5.74, 6) is 1.39. The lowest BCUT2D eigenvalue weighted by molar-refractivity contribution is -0.117. The molecule has 0 spiro atoms. The Morgan fingerprint density at radius 2 is 1.96 bits per heavy atom. The van der Waals surface area contributed by atoms with Crippen molar-refractivity contribution in [2.24, 2.45) is 0 Å². The van der Waals surface area contributed by atoms with Crippen molar-refractivity contribution in [2.45, 2.75) is 32.1 Å². The Hall–Kier alpha value is -2.66. The molecule has 1 aromatic heterocycles. The van der Waals surface area contributed by atoms with E-state index in [1.54, 1.807) is 17.0 Å². The van der Waals surface area contributed by atoms with Crippen LogP contribution in [0, 0.1) is 0 Å². The van der Waals surface area contributed by atoms with Crippen LogP contribution in [-0.2, 0) is 4.79 Å². The minimum absolute atomic E-state index is 0.0693. The van der Waals surface area contributed by atoms with E-state index >= 15 is 0 Å². The highest BCUT2D eigenvalue weighted by Gasteiger charge is 2.35. The number of aromatic nitrogens is 2. The van der Waals surface area contributed by atoms with Crippen molar-refractivity contribution in [1.82, 2.24) is 10.1 Å². The normalized spacial score (nSPS) is 17.1. The summed E-state index contributed by atoms with van der Waals surface area (Å²) >= 11 is 6.03. The molecule has 1 aliphatic heterocycles. The van der Waals surface area contributed by atoms with Crippen molar-refractivity contribution in [1.29, 1.82) is 0 Å². The van der Waals surface area contributed by atoms with Gasteiger partial charge in [-0.3, -0.25) is 4.79 Å². The van der Waals surface area contributed by atoms with Gasteiger partial charge in [-0.2, -0.15) is 4.98 Å². The highest BCUT2D eigenvalue weighted by atomic mass is 35.5. The predicted octanol–water partition coefficient (Wildman–Crippen LogP) is 5.03. The second kappa shape index (κ2) is 7.16. The predicted molar refractivity (Wildman–Crippen MR) is 105 cm³/mol. The number of amides is 1. The first-order chi connectivity index (χ1) is 13.0. The van der Waals surface area contributed by atoms with Crippen molar-refractivity contribution in [3.05, 3.63) is 65.0 Å². The minimum atomic E-state index is -0.109. The van der Waals surface area contributed by atoms with Crippen LogP contribution in [0.3, 0.4) is 0 Å². The van der Waals surface area contributed by atoms with Crippen LogP contribution in [0.25, 0.3) is 11.4 Å². The molecular formula is C21H20ClN3O2. The molecule has 1 fully saturated rings. The van der Waals surface area contributed by atoms with Crippen LogP contribution in [0.4, 0.5) is 5.69 Å². The molecule has 0 aliphatic carbocycles. The molecule has 1 atom stereocenters. The number of anilines is 1. The second-order valence-electron chi connectivity index (χ2n) is 7.12. The molecule has 6 heteroatoms. The number of hydrogen-bond acceptors (Lipinski definition) is 4. The monoisotopic (exact) mass is 381 g/mol. The molecule has 0 radical (unpaired) electrons. The lowest BCUT2D eigenvalue weighted by Crippen LogP contribution is -2.24. The van der Waals surface area contributed by atoms with E-state index in [9.17, 15) is 4.79 Å². The smallest absolute Gasteiger partial charge is 0.232 e. The van der Waals surface area contributed by atoms with Crippen LogP contribution in [0.1, 0.15) is 43.6 Å². The van der Waals surface area contributed by atoms with Gasteiger partial charge in [0.15, 0.2) is 0 Å². The SMILES string of the molecule is CC(C)c1ccc(N2C[C@@H](c3nc(-c4cccc(Cl)c4)no3)CC2=O)cc1. The Morgan fingerprint density at radius 3 is 2.67 bits per heavy atom. The average Bonchev–Trinajstić information content (AvgIpc) is 3.29. The van der Waals surface area contributed by atoms with Gasteiger partial charge in [-0.1, -0.05) is 54.9 Å². The van der Waals surface area contributed by atoms with E-state index in [2.05, 4.69) is 36.1 Å². The number of rotatable bonds is 4. The molecule has 2 aromatic carbocycles. The van der Waals surface area contributed by atoms with Crippen LogP contribution in [0.2, 0.25) is 5.02 Å². The second-order valence-corrected chi connectivity index (χ2v) is 7.55. The van der Waals surface area contributed by atoms with E-state index < -0.39 is 0 Å². The van der Waals surface area contributed by atoms with Crippen LogP contribution in [-0.4, -0.2) is 22.6 Å². The molecule has 27 heavy (non-hydrogen) atoms. The van der Waals surface area contributed by atoms with Crippen molar-refractivity contribution in [2.75, 3.05) is 11.4 Å². The lowest BCUT2D eigenvalue weighted by Gasteiger charge is -2.17. The fraction of sp³-hybridized carbons (Fsp3) is 0.286. The number of benzene rings is 2. The summed E-state index contributed by atoms with van der Waals surface area (Å²) in [4.78, 5) is 18.8. The third-order valence-electron chi connectivity index (χ3n) is 4.87. The summed E-state index contributed by atoms with van der Waals surface area (Å²) in [6.07, 6.45) is 0.364. The van der Waals surface area contributed by atoms with Crippen LogP contribution >= 0.6 is 11.6 Å². The Kier molecular flexibility index (Phi) is 4.70. The highest BCUT2D eigenvalue weighted by molar-refractivity contribution is 6.30. The Morgan fingerprint density at radius 1 is 1.19 bits per heavy atom. The van der Waals surface area contributed by atoms with Gasteiger partial charge in [-0.15, -0.1) is 0 Å². The molecule has 2 heterocycles. The number of hydrogen-bond donors (Lipinski definition) is 0. The van der Waals surface area contributed by atoms with E-state index in [4.69, 9.17) is 16.1 Å². The summed E-state index contributed by atoms with van der Waals surface area (Å²) in [7, 11) is 0. The van der Waals surface area contributed by atoms with Gasteiger partial charge in [-0.25, -0.2) is 0 Å². The van der Waals surface area contributed by atoms with Gasteiger partial charge in [0.1, 0.15) is 0 Å². The van der Waals surface area contributed by atoms with E-state index in [0.29, 0.717) is 35.6 Å². The number of halogens is 1. The molecule has 1 amide bonds. The van der Waals surface area contributed by atoms with E-state index in [1.807, 2.05) is 24.3 Å². The summed E-state index contributed by atoms with van der Waals surface area (Å²) in [5, 5.41) is 4.67. The van der Waals surface area contributed by atoms with Gasteiger partial charge < -0.3 is 9.42 Å². The summed E-state index contributed by atoms with van der Waals surface area (Å²) in [5.41, 5.74) is 2.95. The van der Waals surface area contributed by atoms with Gasteiger partial charge in [0.2, 0.25) is 17.6 Å². The molecule has 138 valence electrons. The minimum Gasteiger partial charge on any atom is -0.339 e. The maximum absolute atomic E-state index is 12.5. The first kappa shape index (κ1) is 17.7. The van der Waals surface area contributed by atoms with Crippen molar-refractivity contribution >= 4 is 23.2 Å². The zero-order valence-corrected chi connectivity index (χ0v) is 16.0. The van der Waals surface area contributed by atoms with Crippen molar-refractivity contribution in [3.8, 4) is 11.4 Å². The fourth-order valence-corrected chi connectivity index (χ4v) is 3.50. The largest absolute Gasteiger partial charge is 0.339 e. The zero-order valence-electron chi connectivity index (χ0n) is 15.2. The first-order valence-electron chi connectivity index (χ1n) is 9.01. The maximum Gasteiger partial charge on any atom is 0.232 e. The maximum atomic E-state index is 12.5. The van der Waals surface area contributed by atoms with Crippen molar-refractivity contribution in [3.63, 3.8) is 0 Å². The molecule has 0 unspecified atom stereocenters. The third kappa shape index (κ3) is 3.60. The zero-order chi connectivity index (χ0) is 19.0. The van der Waals surface area contributed by atoms with Gasteiger partial charge in [0.05, 0.1) is 5.92 Å². The highest BCUT2D eigenvalue weighted by Crippen LogP contribution is 2.32. The fourth-order valence-electron chi connectivity index (χ4n) is 3.31. The number of nitrogens with zero attached hydrogens (tertiary/aromatic N) is 3. The van der Waals surface area contributed by atoms with Crippen LogP contribution in [0.5, 0.6) is 0 Å². The summed E-state index contributed by atoms with van der Waals surface area (Å²) in [6.45, 7) is 4.84. The van der Waals surface area contributed by atoms with Gasteiger partial charge in [-0.05, 0) is 35.7 Å². The summed E-state index contributed by atoms with van der Waals surface area (Å²) < 4.78 is 5.44. The molecule has 3 aromatic rings. The van der Waals surface area contributed by atoms with Gasteiger partial charge >= 0.3 is 0 Å². The van der Waals surface area contributed by atoms with E-state index in [-0.39, 0.29) is 11.8 Å². The molecule has 1 aliphatic rings. The molecule has 5 nitrogen and oxygen atoms in total. The molecule has 1 saturated heterocycles. The van der Waals surface area contributed by atoms with Crippen molar-refractivity contribution < 1.29 is 9.32 Å². The summed E-state index contributed by atoms with van der Waals surface area (Å²) in [6, 6.07) is 15.5. The van der Waals surface area contributed by atoms with Crippen LogP contribution < -0.4 is 4.90 Å². The molecule has 0 saturated carbocycles. The first-order valence-corrected chi connectivity index (χ1v) is 9.39. The molecule has 4 rings (SSSR count). The Balaban J connectivity index is 1.52. The standard InChI is InChI=1S/C21H20ClN3O2/c1-13(2)14-6-8-18(9-7-14)25-12-16(11-19(25)26)21-23-20(24-27-21)15-4-3-5-17(22)10-15/h3-10,13,16H,11-12H2,1-2H3/t16-/m0/s1. The average molecular weight is 382 g/mol. The van der Waals surface area contributed by atoms with Gasteiger partial charge in [0, 0.05) is 29.2 Å². The number of carbonyl (C=O) groups excluding carboxylic acids is 1. The number of carbonyl (C=O) groups is 1. The quantitative estimate of drug-likeness (QED) is 0.635. The molecule has 0 bridgehead atoms. The third-order valence-corrected chi connectivity index (χ3v) is 5.11. The Bertz CT molecular complexity index is 966. The Labute approximate surface area is 163 Å². The molecular weight excluding hydrogens is 362 g/mol. The van der Waals surface area contributed by atoms with E-state index in [1.165, 1.54) is 5.56 Å². The van der Waals surface area contributed by atoms with Gasteiger partial charge in [0.25, 0.3) is 0 Å². The van der Waals surface area contributed by atoms with Crippen LogP contribution in [0.15, 0.2) is 53.1 Å². The lowest BCUT2D eigenvalue weighted by atomic mass is 10.0. The van der Waals surface area contributed by atoms with E-state index in [0.717, 1.165) is 11.3 Å². The topological polar surface area (TPSA) is 59.2 Å².